The van der Waals surface area contributed by atoms with Gasteiger partial charge in [-0.15, -0.1) is 0 Å². The van der Waals surface area contributed by atoms with Crippen LogP contribution in [-0.4, -0.2) is 25.0 Å². The van der Waals surface area contributed by atoms with Crippen LogP contribution < -0.4 is 16.0 Å². The fourth-order valence-corrected chi connectivity index (χ4v) is 1.17. The van der Waals surface area contributed by atoms with Gasteiger partial charge >= 0.3 is 6.03 Å². The minimum absolute atomic E-state index is 0.0635. The van der Waals surface area contributed by atoms with Gasteiger partial charge in [-0.25, -0.2) is 4.79 Å². The minimum atomic E-state index is -0.410. The molecule has 3 N–H and O–H groups in total. The van der Waals surface area contributed by atoms with E-state index in [1.807, 2.05) is 25.1 Å². The van der Waals surface area contributed by atoms with Gasteiger partial charge in [0.05, 0.1) is 6.54 Å². The van der Waals surface area contributed by atoms with E-state index in [1.165, 1.54) is 0 Å². The van der Waals surface area contributed by atoms with Gasteiger partial charge in [0, 0.05) is 12.2 Å². The molecule has 0 saturated carbocycles. The van der Waals surface area contributed by atoms with Gasteiger partial charge in [0.1, 0.15) is 0 Å². The second kappa shape index (κ2) is 7.11. The van der Waals surface area contributed by atoms with E-state index in [0.29, 0.717) is 12.2 Å². The monoisotopic (exact) mass is 247 g/mol. The summed E-state index contributed by atoms with van der Waals surface area (Å²) in [5.74, 6) is -0.249. The summed E-state index contributed by atoms with van der Waals surface area (Å²) in [6.07, 6.45) is 0. The molecule has 0 bridgehead atoms. The molecule has 0 aliphatic carbocycles. The first kappa shape index (κ1) is 13.8. The number of hydrogen-bond donors (Lipinski definition) is 3. The highest BCUT2D eigenvalue weighted by Gasteiger charge is 2.04. The number of urea groups is 1. The highest BCUT2D eigenvalue weighted by molar-refractivity contribution is 5.92. The summed E-state index contributed by atoms with van der Waals surface area (Å²) in [6.45, 7) is 5.83. The number of carbonyl (C=O) groups excluding carboxylic acids is 2. The van der Waals surface area contributed by atoms with Crippen molar-refractivity contribution in [1.82, 2.24) is 10.6 Å². The molecule has 0 spiro atoms. The largest absolute Gasteiger partial charge is 0.351 e. The molecule has 1 aromatic rings. The molecule has 1 aromatic carbocycles. The van der Waals surface area contributed by atoms with Crippen LogP contribution in [0.1, 0.15) is 6.92 Å². The molecule has 0 radical (unpaired) electrons. The summed E-state index contributed by atoms with van der Waals surface area (Å²) >= 11 is 0. The van der Waals surface area contributed by atoms with Crippen LogP contribution in [0.25, 0.3) is 0 Å². The zero-order valence-electron chi connectivity index (χ0n) is 10.3. The normalized spacial score (nSPS) is 9.39. The zero-order chi connectivity index (χ0) is 13.4. The molecular formula is C13H17N3O2. The number of hydrogen-bond acceptors (Lipinski definition) is 2. The maximum Gasteiger partial charge on any atom is 0.319 e. The maximum atomic E-state index is 11.4. The Balaban J connectivity index is 2.25. The average Bonchev–Trinajstić information content (AvgIpc) is 2.35. The van der Waals surface area contributed by atoms with Crippen molar-refractivity contribution >= 4 is 17.6 Å². The molecule has 0 saturated heterocycles. The van der Waals surface area contributed by atoms with Gasteiger partial charge in [0.25, 0.3) is 0 Å². The molecule has 0 fully saturated rings. The minimum Gasteiger partial charge on any atom is -0.351 e. The third-order valence-electron chi connectivity index (χ3n) is 2.03. The summed E-state index contributed by atoms with van der Waals surface area (Å²) in [7, 11) is 0. The van der Waals surface area contributed by atoms with Crippen LogP contribution in [0.5, 0.6) is 0 Å². The third kappa shape index (κ3) is 5.69. The van der Waals surface area contributed by atoms with Crippen LogP contribution in [0.3, 0.4) is 0 Å². The maximum absolute atomic E-state index is 11.4. The molecule has 0 aliphatic rings. The number of amides is 3. The second-order valence-electron chi connectivity index (χ2n) is 3.91. The van der Waals surface area contributed by atoms with Gasteiger partial charge in [-0.1, -0.05) is 30.4 Å². The topological polar surface area (TPSA) is 70.2 Å². The van der Waals surface area contributed by atoms with Crippen molar-refractivity contribution in [3.05, 3.63) is 42.5 Å². The predicted octanol–water partition coefficient (Wildman–Crippen LogP) is 1.50. The summed E-state index contributed by atoms with van der Waals surface area (Å²) in [6, 6.07) is 8.60. The lowest BCUT2D eigenvalue weighted by Crippen LogP contribution is -2.39. The van der Waals surface area contributed by atoms with E-state index in [-0.39, 0.29) is 12.5 Å². The van der Waals surface area contributed by atoms with Crippen LogP contribution in [0.2, 0.25) is 0 Å². The lowest BCUT2D eigenvalue weighted by Gasteiger charge is -2.08. The quantitative estimate of drug-likeness (QED) is 0.690. The van der Waals surface area contributed by atoms with E-state index in [0.717, 1.165) is 5.57 Å². The molecule has 3 amide bonds. The molecule has 0 atom stereocenters. The van der Waals surface area contributed by atoms with Crippen LogP contribution >= 0.6 is 0 Å². The number of benzene rings is 1. The van der Waals surface area contributed by atoms with E-state index < -0.39 is 6.03 Å². The Bertz CT molecular complexity index is 429. The van der Waals surface area contributed by atoms with Crippen molar-refractivity contribution in [2.45, 2.75) is 6.92 Å². The van der Waals surface area contributed by atoms with Crippen LogP contribution in [0.15, 0.2) is 42.5 Å². The van der Waals surface area contributed by atoms with Crippen molar-refractivity contribution in [3.63, 3.8) is 0 Å². The van der Waals surface area contributed by atoms with Gasteiger partial charge in [-0.2, -0.15) is 0 Å². The Morgan fingerprint density at radius 1 is 1.11 bits per heavy atom. The standard InChI is InChI=1S/C13H17N3O2/c1-10(2)8-14-12(17)9-15-13(18)16-11-6-4-3-5-7-11/h3-7H,1,8-9H2,2H3,(H,14,17)(H2,15,16,18). The van der Waals surface area contributed by atoms with Crippen molar-refractivity contribution in [2.75, 3.05) is 18.4 Å². The Morgan fingerprint density at radius 3 is 2.39 bits per heavy atom. The van der Waals surface area contributed by atoms with Crippen LogP contribution in [0.4, 0.5) is 10.5 Å². The van der Waals surface area contributed by atoms with Gasteiger partial charge in [-0.05, 0) is 19.1 Å². The molecule has 5 nitrogen and oxygen atoms in total. The fraction of sp³-hybridized carbons (Fsp3) is 0.231. The van der Waals surface area contributed by atoms with Crippen LogP contribution in [0, 0.1) is 0 Å². The Kier molecular flexibility index (Phi) is 5.44. The third-order valence-corrected chi connectivity index (χ3v) is 2.03. The first-order valence-corrected chi connectivity index (χ1v) is 5.59. The predicted molar refractivity (Wildman–Crippen MR) is 71.3 cm³/mol. The molecule has 1 rings (SSSR count). The second-order valence-corrected chi connectivity index (χ2v) is 3.91. The lowest BCUT2D eigenvalue weighted by atomic mass is 10.3. The average molecular weight is 247 g/mol. The number of nitrogens with one attached hydrogen (secondary N) is 3. The number of carbonyl (C=O) groups is 2. The number of anilines is 1. The molecule has 18 heavy (non-hydrogen) atoms. The Labute approximate surface area is 106 Å². The highest BCUT2D eigenvalue weighted by atomic mass is 16.2. The van der Waals surface area contributed by atoms with Crippen molar-refractivity contribution in [2.24, 2.45) is 0 Å². The summed E-state index contributed by atoms with van der Waals surface area (Å²) < 4.78 is 0. The summed E-state index contributed by atoms with van der Waals surface area (Å²) in [4.78, 5) is 22.7. The molecule has 0 unspecified atom stereocenters. The highest BCUT2D eigenvalue weighted by Crippen LogP contribution is 2.03. The number of para-hydroxylation sites is 1. The van der Waals surface area contributed by atoms with Crippen molar-refractivity contribution in [3.8, 4) is 0 Å². The van der Waals surface area contributed by atoms with E-state index >= 15 is 0 Å². The van der Waals surface area contributed by atoms with Crippen LogP contribution in [-0.2, 0) is 4.79 Å². The Morgan fingerprint density at radius 2 is 1.78 bits per heavy atom. The summed E-state index contributed by atoms with van der Waals surface area (Å²) in [5, 5.41) is 7.70. The number of rotatable bonds is 5. The SMILES string of the molecule is C=C(C)CNC(=O)CNC(=O)Nc1ccccc1. The lowest BCUT2D eigenvalue weighted by molar-refractivity contribution is -0.119. The molecule has 0 heterocycles. The van der Waals surface area contributed by atoms with Gasteiger partial charge in [-0.3, -0.25) is 4.79 Å². The molecule has 96 valence electrons. The first-order chi connectivity index (χ1) is 8.58. The molecule has 0 aliphatic heterocycles. The zero-order valence-corrected chi connectivity index (χ0v) is 10.3. The smallest absolute Gasteiger partial charge is 0.319 e. The summed E-state index contributed by atoms with van der Waals surface area (Å²) in [5.41, 5.74) is 1.54. The van der Waals surface area contributed by atoms with E-state index in [2.05, 4.69) is 22.5 Å². The van der Waals surface area contributed by atoms with Gasteiger partial charge in [0.2, 0.25) is 5.91 Å². The molecule has 0 aromatic heterocycles. The Hall–Kier alpha value is -2.30. The first-order valence-electron chi connectivity index (χ1n) is 5.59. The molecular weight excluding hydrogens is 230 g/mol. The van der Waals surface area contributed by atoms with Crippen molar-refractivity contribution in [1.29, 1.82) is 0 Å². The van der Waals surface area contributed by atoms with E-state index in [1.54, 1.807) is 12.1 Å². The van der Waals surface area contributed by atoms with E-state index in [9.17, 15) is 9.59 Å². The van der Waals surface area contributed by atoms with E-state index in [4.69, 9.17) is 0 Å². The van der Waals surface area contributed by atoms with Gasteiger partial charge in [0.15, 0.2) is 0 Å². The van der Waals surface area contributed by atoms with Crippen molar-refractivity contribution < 1.29 is 9.59 Å². The van der Waals surface area contributed by atoms with Gasteiger partial charge < -0.3 is 16.0 Å². The fourth-order valence-electron chi connectivity index (χ4n) is 1.17. The molecule has 5 heteroatoms.